The first-order valence-corrected chi connectivity index (χ1v) is 8.38. The summed E-state index contributed by atoms with van der Waals surface area (Å²) in [6.07, 6.45) is 0. The number of nitrogens with one attached hydrogen (secondary N) is 1. The standard InChI is InChI=1S/C17H18N2O4S/c1-3-23-14-6-8-15(9-7-14)24-11-17(20)18-16-10-13(19(21)22)5-4-12(16)2/h4-10H,3,11H2,1-2H3,(H,18,20). The van der Waals surface area contributed by atoms with Crippen LogP contribution < -0.4 is 10.1 Å². The molecule has 7 heteroatoms. The summed E-state index contributed by atoms with van der Waals surface area (Å²) in [7, 11) is 0. The van der Waals surface area contributed by atoms with Crippen molar-refractivity contribution in [1.82, 2.24) is 0 Å². The van der Waals surface area contributed by atoms with Gasteiger partial charge in [0.25, 0.3) is 5.69 Å². The van der Waals surface area contributed by atoms with Crippen LogP contribution in [0.4, 0.5) is 11.4 Å². The van der Waals surface area contributed by atoms with Crippen molar-refractivity contribution in [2.45, 2.75) is 18.7 Å². The Morgan fingerprint density at radius 1 is 1.25 bits per heavy atom. The molecule has 2 rings (SSSR count). The van der Waals surface area contributed by atoms with Gasteiger partial charge < -0.3 is 10.1 Å². The fraction of sp³-hybridized carbons (Fsp3) is 0.235. The van der Waals surface area contributed by atoms with Gasteiger partial charge in [-0.3, -0.25) is 14.9 Å². The summed E-state index contributed by atoms with van der Waals surface area (Å²) in [4.78, 5) is 23.3. The van der Waals surface area contributed by atoms with E-state index < -0.39 is 4.92 Å². The van der Waals surface area contributed by atoms with Crippen molar-refractivity contribution in [2.75, 3.05) is 17.7 Å². The molecule has 0 aliphatic carbocycles. The summed E-state index contributed by atoms with van der Waals surface area (Å²) in [5.41, 5.74) is 1.19. The zero-order valence-electron chi connectivity index (χ0n) is 13.4. The summed E-state index contributed by atoms with van der Waals surface area (Å²) < 4.78 is 5.37. The smallest absolute Gasteiger partial charge is 0.271 e. The van der Waals surface area contributed by atoms with Crippen LogP contribution in [0.25, 0.3) is 0 Å². The Morgan fingerprint density at radius 3 is 2.58 bits per heavy atom. The number of ether oxygens (including phenoxy) is 1. The Labute approximate surface area is 144 Å². The molecule has 0 saturated heterocycles. The van der Waals surface area contributed by atoms with Gasteiger partial charge in [0.15, 0.2) is 0 Å². The number of benzene rings is 2. The molecule has 0 radical (unpaired) electrons. The molecule has 0 heterocycles. The van der Waals surface area contributed by atoms with Crippen molar-refractivity contribution in [3.63, 3.8) is 0 Å². The lowest BCUT2D eigenvalue weighted by atomic mass is 10.2. The lowest BCUT2D eigenvalue weighted by Crippen LogP contribution is -2.15. The maximum atomic E-state index is 12.1. The summed E-state index contributed by atoms with van der Waals surface area (Å²) in [5.74, 6) is 0.798. The summed E-state index contributed by atoms with van der Waals surface area (Å²) in [6, 6.07) is 11.9. The van der Waals surface area contributed by atoms with Crippen LogP contribution in [0.1, 0.15) is 12.5 Å². The van der Waals surface area contributed by atoms with E-state index in [0.717, 1.165) is 16.2 Å². The van der Waals surface area contributed by atoms with E-state index in [1.165, 1.54) is 23.9 Å². The second-order valence-corrected chi connectivity index (χ2v) is 6.05. The van der Waals surface area contributed by atoms with Crippen molar-refractivity contribution in [3.8, 4) is 5.75 Å². The number of hydrogen-bond donors (Lipinski definition) is 1. The largest absolute Gasteiger partial charge is 0.494 e. The summed E-state index contributed by atoms with van der Waals surface area (Å²) >= 11 is 1.39. The highest BCUT2D eigenvalue weighted by molar-refractivity contribution is 8.00. The van der Waals surface area contributed by atoms with Crippen LogP contribution in [0, 0.1) is 17.0 Å². The monoisotopic (exact) mass is 346 g/mol. The number of nitro benzene ring substituents is 1. The van der Waals surface area contributed by atoms with Gasteiger partial charge >= 0.3 is 0 Å². The number of thioether (sulfide) groups is 1. The summed E-state index contributed by atoms with van der Waals surface area (Å²) in [5, 5.41) is 13.5. The van der Waals surface area contributed by atoms with Crippen molar-refractivity contribution in [1.29, 1.82) is 0 Å². The molecular weight excluding hydrogens is 328 g/mol. The minimum absolute atomic E-state index is 0.0462. The van der Waals surface area contributed by atoms with Gasteiger partial charge in [0, 0.05) is 17.0 Å². The Bertz CT molecular complexity index is 732. The van der Waals surface area contributed by atoms with Gasteiger partial charge in [-0.25, -0.2) is 0 Å². The predicted octanol–water partition coefficient (Wildman–Crippen LogP) is 4.03. The third-order valence-electron chi connectivity index (χ3n) is 3.21. The highest BCUT2D eigenvalue weighted by Crippen LogP contribution is 2.24. The Balaban J connectivity index is 1.93. The fourth-order valence-corrected chi connectivity index (χ4v) is 2.69. The first-order chi connectivity index (χ1) is 11.5. The first kappa shape index (κ1) is 17.8. The van der Waals surface area contributed by atoms with Gasteiger partial charge in [0.05, 0.1) is 23.0 Å². The van der Waals surface area contributed by atoms with Crippen molar-refractivity contribution < 1.29 is 14.5 Å². The van der Waals surface area contributed by atoms with Crippen molar-refractivity contribution >= 4 is 29.0 Å². The zero-order chi connectivity index (χ0) is 17.5. The maximum Gasteiger partial charge on any atom is 0.271 e. The highest BCUT2D eigenvalue weighted by Gasteiger charge is 2.11. The molecule has 6 nitrogen and oxygen atoms in total. The molecule has 0 atom stereocenters. The van der Waals surface area contributed by atoms with Crippen LogP contribution in [-0.4, -0.2) is 23.2 Å². The molecule has 126 valence electrons. The first-order valence-electron chi connectivity index (χ1n) is 7.40. The van der Waals surface area contributed by atoms with Crippen LogP contribution in [-0.2, 0) is 4.79 Å². The van der Waals surface area contributed by atoms with Crippen LogP contribution in [0.5, 0.6) is 5.75 Å². The van der Waals surface area contributed by atoms with Gasteiger partial charge in [-0.1, -0.05) is 6.07 Å². The minimum atomic E-state index is -0.482. The second kappa shape index (κ2) is 8.35. The maximum absolute atomic E-state index is 12.1. The number of hydrogen-bond acceptors (Lipinski definition) is 5. The number of amides is 1. The Morgan fingerprint density at radius 2 is 1.96 bits per heavy atom. The number of nitro groups is 1. The van der Waals surface area contributed by atoms with Crippen LogP contribution in [0.15, 0.2) is 47.4 Å². The number of carbonyl (C=O) groups excluding carboxylic acids is 1. The molecule has 24 heavy (non-hydrogen) atoms. The molecule has 0 bridgehead atoms. The van der Waals surface area contributed by atoms with Gasteiger partial charge in [0.2, 0.25) is 5.91 Å². The van der Waals surface area contributed by atoms with Crippen LogP contribution in [0.2, 0.25) is 0 Å². The zero-order valence-corrected chi connectivity index (χ0v) is 14.3. The number of anilines is 1. The number of carbonyl (C=O) groups is 1. The lowest BCUT2D eigenvalue weighted by Gasteiger charge is -2.08. The van der Waals surface area contributed by atoms with Gasteiger partial charge in [-0.2, -0.15) is 0 Å². The van der Waals surface area contributed by atoms with E-state index in [0.29, 0.717) is 12.3 Å². The van der Waals surface area contributed by atoms with E-state index in [9.17, 15) is 14.9 Å². The molecular formula is C17H18N2O4S. The van der Waals surface area contributed by atoms with E-state index in [2.05, 4.69) is 5.32 Å². The van der Waals surface area contributed by atoms with Crippen LogP contribution >= 0.6 is 11.8 Å². The van der Waals surface area contributed by atoms with E-state index in [4.69, 9.17) is 4.74 Å². The molecule has 0 unspecified atom stereocenters. The molecule has 0 saturated carbocycles. The number of non-ortho nitro benzene ring substituents is 1. The quantitative estimate of drug-likeness (QED) is 0.465. The topological polar surface area (TPSA) is 81.5 Å². The van der Waals surface area contributed by atoms with Gasteiger partial charge in [-0.05, 0) is 43.7 Å². The molecule has 0 fully saturated rings. The third-order valence-corrected chi connectivity index (χ3v) is 4.22. The average Bonchev–Trinajstić information content (AvgIpc) is 2.56. The molecule has 1 N–H and O–H groups in total. The van der Waals surface area contributed by atoms with E-state index >= 15 is 0 Å². The number of nitrogens with zero attached hydrogens (tertiary/aromatic N) is 1. The molecule has 1 amide bonds. The highest BCUT2D eigenvalue weighted by atomic mass is 32.2. The van der Waals surface area contributed by atoms with E-state index in [1.54, 1.807) is 13.0 Å². The Kier molecular flexibility index (Phi) is 6.20. The van der Waals surface area contributed by atoms with Gasteiger partial charge in [0.1, 0.15) is 5.75 Å². The molecule has 0 spiro atoms. The number of aryl methyl sites for hydroxylation is 1. The second-order valence-electron chi connectivity index (χ2n) is 5.00. The normalized spacial score (nSPS) is 10.2. The molecule has 0 aliphatic heterocycles. The SMILES string of the molecule is CCOc1ccc(SCC(=O)Nc2cc([N+](=O)[O-])ccc2C)cc1. The van der Waals surface area contributed by atoms with Gasteiger partial charge in [-0.15, -0.1) is 11.8 Å². The van der Waals surface area contributed by atoms with E-state index in [1.807, 2.05) is 31.2 Å². The fourth-order valence-electron chi connectivity index (χ4n) is 1.99. The van der Waals surface area contributed by atoms with Crippen LogP contribution in [0.3, 0.4) is 0 Å². The van der Waals surface area contributed by atoms with Crippen molar-refractivity contribution in [3.05, 3.63) is 58.1 Å². The third kappa shape index (κ3) is 4.99. The van der Waals surface area contributed by atoms with Crippen molar-refractivity contribution in [2.24, 2.45) is 0 Å². The minimum Gasteiger partial charge on any atom is -0.494 e. The average molecular weight is 346 g/mol. The van der Waals surface area contributed by atoms with E-state index in [-0.39, 0.29) is 17.3 Å². The molecule has 0 aromatic heterocycles. The summed E-state index contributed by atoms with van der Waals surface area (Å²) in [6.45, 7) is 4.32. The molecule has 2 aromatic rings. The number of rotatable bonds is 7. The molecule has 2 aromatic carbocycles. The lowest BCUT2D eigenvalue weighted by molar-refractivity contribution is -0.384. The Hall–Kier alpha value is -2.54. The molecule has 0 aliphatic rings. The predicted molar refractivity (Wildman–Crippen MR) is 94.8 cm³/mol.